The Morgan fingerprint density at radius 1 is 1.15 bits per heavy atom. The van der Waals surface area contributed by atoms with Gasteiger partial charge in [-0.1, -0.05) is 43.4 Å². The summed E-state index contributed by atoms with van der Waals surface area (Å²) in [5, 5.41) is 10.7. The van der Waals surface area contributed by atoms with Crippen molar-refractivity contribution in [1.82, 2.24) is 20.0 Å². The highest BCUT2D eigenvalue weighted by Crippen LogP contribution is 2.28. The first kappa shape index (κ1) is 23.3. The molecular weight excluding hydrogens is 442 g/mol. The van der Waals surface area contributed by atoms with Crippen LogP contribution in [0.15, 0.2) is 24.3 Å². The van der Waals surface area contributed by atoms with Crippen LogP contribution in [0.4, 0.5) is 5.69 Å². The molecule has 2 N–H and O–H groups in total. The Morgan fingerprint density at radius 3 is 2.52 bits per heavy atom. The third-order valence-corrected chi connectivity index (χ3v) is 7.10. The molecular formula is C24H30ClN5O3. The minimum atomic E-state index is -1.10. The molecule has 0 saturated heterocycles. The van der Waals surface area contributed by atoms with Gasteiger partial charge in [-0.2, -0.15) is 5.10 Å². The van der Waals surface area contributed by atoms with Crippen LogP contribution in [-0.4, -0.2) is 51.0 Å². The molecule has 0 bridgehead atoms. The van der Waals surface area contributed by atoms with Crippen LogP contribution in [0.3, 0.4) is 0 Å². The maximum Gasteiger partial charge on any atom is 0.276 e. The van der Waals surface area contributed by atoms with Crippen molar-refractivity contribution in [3.63, 3.8) is 0 Å². The molecule has 4 rings (SSSR count). The molecule has 0 spiro atoms. The van der Waals surface area contributed by atoms with Crippen LogP contribution in [0.25, 0.3) is 0 Å². The van der Waals surface area contributed by atoms with Gasteiger partial charge < -0.3 is 15.5 Å². The number of carbonyl (C=O) groups excluding carboxylic acids is 3. The van der Waals surface area contributed by atoms with E-state index in [1.807, 2.05) is 13.0 Å². The zero-order valence-electron chi connectivity index (χ0n) is 19.3. The van der Waals surface area contributed by atoms with E-state index in [1.165, 1.54) is 28.5 Å². The number of hydrogen-bond donors (Lipinski definition) is 2. The molecule has 3 amide bonds. The van der Waals surface area contributed by atoms with Crippen molar-refractivity contribution in [1.29, 1.82) is 0 Å². The molecule has 176 valence electrons. The summed E-state index contributed by atoms with van der Waals surface area (Å²) < 4.78 is 1.46. The molecule has 1 aliphatic heterocycles. The molecule has 2 aromatic rings. The van der Waals surface area contributed by atoms with Gasteiger partial charge in [0.1, 0.15) is 11.2 Å². The minimum absolute atomic E-state index is 0.0943. The van der Waals surface area contributed by atoms with Crippen molar-refractivity contribution in [3.05, 3.63) is 46.2 Å². The highest BCUT2D eigenvalue weighted by atomic mass is 35.5. The summed E-state index contributed by atoms with van der Waals surface area (Å²) in [5.74, 6) is -1.01. The molecule has 0 unspecified atom stereocenters. The van der Waals surface area contributed by atoms with Gasteiger partial charge in [0, 0.05) is 19.2 Å². The fourth-order valence-corrected chi connectivity index (χ4v) is 4.79. The van der Waals surface area contributed by atoms with Gasteiger partial charge in [0.15, 0.2) is 5.69 Å². The van der Waals surface area contributed by atoms with Gasteiger partial charge in [0.25, 0.3) is 11.8 Å². The number of aromatic nitrogens is 2. The van der Waals surface area contributed by atoms with Gasteiger partial charge in [-0.3, -0.25) is 19.1 Å². The summed E-state index contributed by atoms with van der Waals surface area (Å²) in [4.78, 5) is 40.6. The monoisotopic (exact) mass is 471 g/mol. The predicted octanol–water partition coefficient (Wildman–Crippen LogP) is 3.78. The fraction of sp³-hybridized carbons (Fsp3) is 0.500. The first-order valence-electron chi connectivity index (χ1n) is 11.4. The summed E-state index contributed by atoms with van der Waals surface area (Å²) in [6.07, 6.45) is 6.50. The van der Waals surface area contributed by atoms with Crippen LogP contribution in [0, 0.1) is 6.92 Å². The third-order valence-electron chi connectivity index (χ3n) is 6.79. The zero-order chi connectivity index (χ0) is 23.8. The molecule has 0 radical (unpaired) electrons. The molecule has 33 heavy (non-hydrogen) atoms. The number of nitrogens with zero attached hydrogens (tertiary/aromatic N) is 3. The molecule has 1 fully saturated rings. The highest BCUT2D eigenvalue weighted by molar-refractivity contribution is 6.34. The molecule has 2 heterocycles. The highest BCUT2D eigenvalue weighted by Gasteiger charge is 2.46. The van der Waals surface area contributed by atoms with E-state index in [2.05, 4.69) is 15.7 Å². The van der Waals surface area contributed by atoms with Crippen molar-refractivity contribution in [2.24, 2.45) is 0 Å². The van der Waals surface area contributed by atoms with E-state index in [1.54, 1.807) is 26.1 Å². The lowest BCUT2D eigenvalue weighted by atomic mass is 9.95. The molecule has 2 aliphatic rings. The first-order valence-corrected chi connectivity index (χ1v) is 11.8. The van der Waals surface area contributed by atoms with Crippen LogP contribution in [0.5, 0.6) is 0 Å². The van der Waals surface area contributed by atoms with E-state index >= 15 is 0 Å². The van der Waals surface area contributed by atoms with E-state index in [9.17, 15) is 14.4 Å². The van der Waals surface area contributed by atoms with Crippen LogP contribution in [-0.2, 0) is 11.3 Å². The largest absolute Gasteiger partial charge is 0.351 e. The molecule has 1 saturated carbocycles. The standard InChI is InChI=1S/C24H30ClN5O3/c1-15-10-11-18(17(25)12-15)27-21(31)19-13-20-22(32)29(3)24(2,14-30(20)28-19)23(33)26-16-8-6-4-5-7-9-16/h10-13,16H,4-9,14H2,1-3H3,(H,26,33)(H,27,31)/t24-/m1/s1. The smallest absolute Gasteiger partial charge is 0.276 e. The number of aryl methyl sites for hydroxylation is 1. The number of fused-ring (bicyclic) bond motifs is 1. The maximum atomic E-state index is 13.3. The normalized spacial score (nSPS) is 21.3. The van der Waals surface area contributed by atoms with Crippen molar-refractivity contribution in [2.75, 3.05) is 12.4 Å². The van der Waals surface area contributed by atoms with Crippen LogP contribution in [0.1, 0.15) is 72.0 Å². The van der Waals surface area contributed by atoms with Crippen molar-refractivity contribution in [3.8, 4) is 0 Å². The number of carbonyl (C=O) groups is 3. The van der Waals surface area contributed by atoms with E-state index in [-0.39, 0.29) is 35.8 Å². The quantitative estimate of drug-likeness (QED) is 0.663. The number of rotatable bonds is 4. The Morgan fingerprint density at radius 2 is 1.85 bits per heavy atom. The predicted molar refractivity (Wildman–Crippen MR) is 127 cm³/mol. The molecule has 1 aliphatic carbocycles. The van der Waals surface area contributed by atoms with Gasteiger partial charge in [-0.15, -0.1) is 0 Å². The van der Waals surface area contributed by atoms with Gasteiger partial charge in [-0.05, 0) is 44.4 Å². The Labute approximate surface area is 198 Å². The number of amides is 3. The molecule has 9 heteroatoms. The summed E-state index contributed by atoms with van der Waals surface area (Å²) in [6.45, 7) is 3.82. The summed E-state index contributed by atoms with van der Waals surface area (Å²) in [7, 11) is 1.62. The van der Waals surface area contributed by atoms with E-state index in [0.29, 0.717) is 10.7 Å². The van der Waals surface area contributed by atoms with Crippen LogP contribution in [0.2, 0.25) is 5.02 Å². The number of nitrogens with one attached hydrogen (secondary N) is 2. The Hall–Kier alpha value is -2.87. The number of anilines is 1. The third kappa shape index (κ3) is 4.62. The Kier molecular flexibility index (Phi) is 6.47. The second-order valence-corrected chi connectivity index (χ2v) is 9.72. The minimum Gasteiger partial charge on any atom is -0.351 e. The first-order chi connectivity index (χ1) is 15.7. The van der Waals surface area contributed by atoms with Gasteiger partial charge in [0.2, 0.25) is 5.91 Å². The molecule has 1 aromatic carbocycles. The second kappa shape index (κ2) is 9.17. The second-order valence-electron chi connectivity index (χ2n) is 9.31. The topological polar surface area (TPSA) is 96.3 Å². The Balaban J connectivity index is 1.53. The molecule has 1 aromatic heterocycles. The van der Waals surface area contributed by atoms with Crippen molar-refractivity contribution < 1.29 is 14.4 Å². The van der Waals surface area contributed by atoms with E-state index < -0.39 is 11.4 Å². The average molecular weight is 472 g/mol. The van der Waals surface area contributed by atoms with Gasteiger partial charge in [-0.25, -0.2) is 0 Å². The van der Waals surface area contributed by atoms with E-state index in [0.717, 1.165) is 31.2 Å². The number of benzene rings is 1. The lowest BCUT2D eigenvalue weighted by Crippen LogP contribution is -2.63. The van der Waals surface area contributed by atoms with Crippen LogP contribution >= 0.6 is 11.6 Å². The summed E-state index contributed by atoms with van der Waals surface area (Å²) >= 11 is 6.22. The maximum absolute atomic E-state index is 13.3. The lowest BCUT2D eigenvalue weighted by Gasteiger charge is -2.41. The van der Waals surface area contributed by atoms with Crippen molar-refractivity contribution in [2.45, 2.75) is 70.5 Å². The number of hydrogen-bond acceptors (Lipinski definition) is 4. The number of halogens is 1. The fourth-order valence-electron chi connectivity index (χ4n) is 4.51. The van der Waals surface area contributed by atoms with Crippen LogP contribution < -0.4 is 10.6 Å². The molecule has 8 nitrogen and oxygen atoms in total. The Bertz CT molecular complexity index is 1090. The zero-order valence-corrected chi connectivity index (χ0v) is 20.0. The lowest BCUT2D eigenvalue weighted by molar-refractivity contribution is -0.133. The summed E-state index contributed by atoms with van der Waals surface area (Å²) in [5.41, 5.74) is 0.713. The van der Waals surface area contributed by atoms with E-state index in [4.69, 9.17) is 11.6 Å². The van der Waals surface area contributed by atoms with Gasteiger partial charge >= 0.3 is 0 Å². The number of likely N-dealkylation sites (N-methyl/N-ethyl adjacent to an activating group) is 1. The van der Waals surface area contributed by atoms with Gasteiger partial charge in [0.05, 0.1) is 17.3 Å². The van der Waals surface area contributed by atoms with Crippen molar-refractivity contribution >= 4 is 35.0 Å². The summed E-state index contributed by atoms with van der Waals surface area (Å²) in [6, 6.07) is 6.90. The SMILES string of the molecule is Cc1ccc(NC(=O)c2cc3n(n2)C[C@](C)(C(=O)NC2CCCCCC2)N(C)C3=O)c(Cl)c1. The average Bonchev–Trinajstić information content (AvgIpc) is 3.02. The molecule has 1 atom stereocenters.